The van der Waals surface area contributed by atoms with Crippen LogP contribution in [0.1, 0.15) is 73.6 Å². The number of nitrogens with one attached hydrogen (secondary N) is 3. The van der Waals surface area contributed by atoms with Crippen LogP contribution in [0.2, 0.25) is 0 Å². The molecule has 16 heteroatoms. The van der Waals surface area contributed by atoms with Crippen LogP contribution in [-0.2, 0) is 29.1 Å². The number of likely N-dealkylation sites (tertiary alicyclic amines) is 1. The number of carbonyl (C=O) groups excluding carboxylic acids is 4. The number of aromatic nitrogens is 1. The third-order valence-electron chi connectivity index (χ3n) is 10.9. The van der Waals surface area contributed by atoms with E-state index in [0.29, 0.717) is 41.7 Å². The van der Waals surface area contributed by atoms with Gasteiger partial charge in [0.05, 0.1) is 24.6 Å². The van der Waals surface area contributed by atoms with Gasteiger partial charge in [-0.25, -0.2) is 18.2 Å². The van der Waals surface area contributed by atoms with Crippen molar-refractivity contribution >= 4 is 50.3 Å². The van der Waals surface area contributed by atoms with Gasteiger partial charge in [0.2, 0.25) is 27.7 Å². The number of fused-ring (bicyclic) bond motifs is 1. The number of methoxy groups -OCH3 is 1. The highest BCUT2D eigenvalue weighted by molar-refractivity contribution is 7.91. The summed E-state index contributed by atoms with van der Waals surface area (Å²) in [7, 11) is 1.55. The molecule has 3 aliphatic rings. The monoisotopic (exact) mass is 832 g/mol. The maximum atomic E-state index is 14.7. The minimum atomic E-state index is -3.94. The maximum Gasteiger partial charge on any atom is 0.408 e. The van der Waals surface area contributed by atoms with E-state index in [1.165, 1.54) is 4.90 Å². The van der Waals surface area contributed by atoms with Gasteiger partial charge in [-0.2, -0.15) is 0 Å². The number of sulfonamides is 1. The smallest absolute Gasteiger partial charge is 0.408 e. The van der Waals surface area contributed by atoms with Gasteiger partial charge in [-0.3, -0.25) is 19.1 Å². The average molecular weight is 833 g/mol. The number of carbonyl (C=O) groups is 4. The van der Waals surface area contributed by atoms with Crippen LogP contribution in [-0.4, -0.2) is 104 Å². The molecule has 1 aliphatic heterocycles. The molecule has 2 aromatic carbocycles. The highest BCUT2D eigenvalue weighted by Crippen LogP contribution is 2.40. The van der Waals surface area contributed by atoms with Crippen molar-refractivity contribution in [3.8, 4) is 22.9 Å². The number of nitrogens with zero attached hydrogens (tertiary/aromatic N) is 3. The number of alkyl carbamates (subject to hydrolysis) is 1. The first-order valence-electron chi connectivity index (χ1n) is 19.8. The van der Waals surface area contributed by atoms with Crippen LogP contribution in [0.15, 0.2) is 60.7 Å². The lowest BCUT2D eigenvalue weighted by molar-refractivity contribution is -0.143. The third-order valence-corrected chi connectivity index (χ3v) is 12.7. The molecule has 4 amide bonds. The zero-order valence-corrected chi connectivity index (χ0v) is 36.1. The molecule has 1 saturated heterocycles. The van der Waals surface area contributed by atoms with Crippen molar-refractivity contribution in [2.24, 2.45) is 5.41 Å². The molecule has 2 saturated carbocycles. The number of rotatable bonds is 12. The van der Waals surface area contributed by atoms with Gasteiger partial charge in [-0.15, -0.1) is 0 Å². The van der Waals surface area contributed by atoms with E-state index < -0.39 is 73.8 Å². The Morgan fingerprint density at radius 3 is 2.22 bits per heavy atom. The average Bonchev–Trinajstić information content (AvgIpc) is 3.94. The Labute approximate surface area is 346 Å². The van der Waals surface area contributed by atoms with Crippen molar-refractivity contribution in [1.82, 2.24) is 25.2 Å². The summed E-state index contributed by atoms with van der Waals surface area (Å²) in [5, 5.41) is 6.31. The van der Waals surface area contributed by atoms with E-state index in [2.05, 4.69) is 21.9 Å². The van der Waals surface area contributed by atoms with E-state index >= 15 is 0 Å². The second-order valence-electron chi connectivity index (χ2n) is 17.9. The van der Waals surface area contributed by atoms with Crippen molar-refractivity contribution in [2.45, 2.75) is 108 Å². The van der Waals surface area contributed by atoms with Crippen LogP contribution in [0.25, 0.3) is 22.0 Å². The molecular weight excluding hydrogens is 777 g/mol. The topological polar surface area (TPSA) is 186 Å². The van der Waals surface area contributed by atoms with E-state index in [0.717, 1.165) is 16.6 Å². The van der Waals surface area contributed by atoms with Crippen LogP contribution in [0, 0.1) is 5.41 Å². The predicted octanol–water partition coefficient (Wildman–Crippen LogP) is 5.08. The van der Waals surface area contributed by atoms with Crippen molar-refractivity contribution in [1.29, 1.82) is 0 Å². The highest BCUT2D eigenvalue weighted by atomic mass is 32.2. The van der Waals surface area contributed by atoms with Gasteiger partial charge in [-0.05, 0) is 99.2 Å². The number of ether oxygens (including phenoxy) is 3. The lowest BCUT2D eigenvalue weighted by Crippen LogP contribution is -2.67. The molecule has 15 nitrogen and oxygen atoms in total. The Morgan fingerprint density at radius 2 is 1.68 bits per heavy atom. The van der Waals surface area contributed by atoms with Crippen LogP contribution in [0.3, 0.4) is 0 Å². The van der Waals surface area contributed by atoms with Gasteiger partial charge >= 0.3 is 6.09 Å². The Morgan fingerprint density at radius 1 is 1.00 bits per heavy atom. The quantitative estimate of drug-likeness (QED) is 0.207. The standard InChI is InChI=1S/C43H56N6O9S/c1-25-19-20-43(25,39(52)47-59(54,55)31-16-17-31)46-36(50)34-23-30(24-49(34)38(51)35(41(2,3)4)45-40(53)58-42(5,6)7)57-37-32-18-15-29(56-10)21-27(32)22-33(44-37)26-11-13-28(14-12-26)48(8)9/h11-15,18,21-22,30-31,34-35H,1,16-17,19-20,23-24H2,2-10H3,(H,45,53)(H,46,50)(H,47,52)/t30-,34+,35-,43-/m1/s1. The Bertz CT molecular complexity index is 2260. The van der Waals surface area contributed by atoms with Gasteiger partial charge in [-0.1, -0.05) is 39.5 Å². The summed E-state index contributed by atoms with van der Waals surface area (Å²) in [6, 6.07) is 13.0. The first-order valence-corrected chi connectivity index (χ1v) is 21.4. The molecule has 0 unspecified atom stereocenters. The molecule has 0 bridgehead atoms. The molecule has 2 aliphatic carbocycles. The molecule has 4 atom stereocenters. The lowest BCUT2D eigenvalue weighted by atomic mass is 9.71. The number of hydrogen-bond donors (Lipinski definition) is 3. The van der Waals surface area contributed by atoms with Crippen molar-refractivity contribution in [3.05, 3.63) is 60.7 Å². The lowest BCUT2D eigenvalue weighted by Gasteiger charge is -2.44. The van der Waals surface area contributed by atoms with E-state index in [-0.39, 0.29) is 25.3 Å². The van der Waals surface area contributed by atoms with E-state index in [1.54, 1.807) is 54.7 Å². The zero-order chi connectivity index (χ0) is 43.2. The normalized spacial score (nSPS) is 21.2. The summed E-state index contributed by atoms with van der Waals surface area (Å²) in [6.07, 6.45) is -0.217. The minimum Gasteiger partial charge on any atom is -0.497 e. The fourth-order valence-electron chi connectivity index (χ4n) is 7.28. The second kappa shape index (κ2) is 16.0. The Kier molecular flexibility index (Phi) is 11.7. The third kappa shape index (κ3) is 9.42. The second-order valence-corrected chi connectivity index (χ2v) is 19.9. The van der Waals surface area contributed by atoms with E-state index in [9.17, 15) is 27.6 Å². The Balaban J connectivity index is 1.36. The van der Waals surface area contributed by atoms with Crippen molar-refractivity contribution in [3.63, 3.8) is 0 Å². The largest absolute Gasteiger partial charge is 0.497 e. The minimum absolute atomic E-state index is 0.0213. The van der Waals surface area contributed by atoms with Gasteiger partial charge in [0, 0.05) is 37.2 Å². The summed E-state index contributed by atoms with van der Waals surface area (Å²) in [6.45, 7) is 14.4. The van der Waals surface area contributed by atoms with Gasteiger partial charge in [0.15, 0.2) is 0 Å². The summed E-state index contributed by atoms with van der Waals surface area (Å²) >= 11 is 0. The molecule has 59 heavy (non-hydrogen) atoms. The molecule has 3 aromatic rings. The van der Waals surface area contributed by atoms with E-state index in [1.807, 2.05) is 61.5 Å². The van der Waals surface area contributed by atoms with Crippen LogP contribution in [0.5, 0.6) is 11.6 Å². The van der Waals surface area contributed by atoms with Gasteiger partial charge in [0.25, 0.3) is 5.91 Å². The van der Waals surface area contributed by atoms with E-state index in [4.69, 9.17) is 19.2 Å². The molecular formula is C43H56N6O9S. The maximum absolute atomic E-state index is 14.7. The predicted molar refractivity (Wildman–Crippen MR) is 225 cm³/mol. The van der Waals surface area contributed by atoms with Gasteiger partial charge < -0.3 is 34.6 Å². The van der Waals surface area contributed by atoms with Crippen LogP contribution >= 0.6 is 0 Å². The number of benzene rings is 2. The molecule has 318 valence electrons. The zero-order valence-electron chi connectivity index (χ0n) is 35.3. The SMILES string of the molecule is C=C1CC[C@]1(NC(=O)[C@@H]1C[C@@H](Oc2nc(-c3ccc(N(C)C)cc3)cc3cc(OC)ccc23)CN1C(=O)[C@@H](NC(=O)OC(C)(C)C)C(C)(C)C)C(=O)NS(=O)(=O)C1CC1. The molecule has 0 spiro atoms. The number of hydrogen-bond acceptors (Lipinski definition) is 11. The van der Waals surface area contributed by atoms with Gasteiger partial charge in [0.1, 0.15) is 35.1 Å². The fraction of sp³-hybridized carbons (Fsp3) is 0.512. The van der Waals surface area contributed by atoms with Crippen LogP contribution in [0.4, 0.5) is 10.5 Å². The molecule has 3 fully saturated rings. The molecule has 0 radical (unpaired) electrons. The Hall–Kier alpha value is -5.38. The molecule has 1 aromatic heterocycles. The number of pyridine rings is 1. The summed E-state index contributed by atoms with van der Waals surface area (Å²) in [5.74, 6) is -1.27. The molecule has 2 heterocycles. The number of amides is 4. The summed E-state index contributed by atoms with van der Waals surface area (Å²) in [5.41, 5.74) is -0.575. The highest BCUT2D eigenvalue weighted by Gasteiger charge is 2.54. The van der Waals surface area contributed by atoms with Crippen molar-refractivity contribution < 1.29 is 41.8 Å². The summed E-state index contributed by atoms with van der Waals surface area (Å²) < 4.78 is 45.5. The van der Waals surface area contributed by atoms with Crippen LogP contribution < -0.4 is 29.7 Å². The summed E-state index contributed by atoms with van der Waals surface area (Å²) in [4.78, 5) is 64.3. The van der Waals surface area contributed by atoms with Crippen molar-refractivity contribution in [2.75, 3.05) is 32.6 Å². The number of anilines is 1. The first-order chi connectivity index (χ1) is 27.5. The molecule has 3 N–H and O–H groups in total. The fourth-order valence-corrected chi connectivity index (χ4v) is 8.63. The molecule has 6 rings (SSSR count). The first kappa shape index (κ1) is 43.2.